The van der Waals surface area contributed by atoms with Crippen molar-refractivity contribution in [2.45, 2.75) is 31.1 Å². The van der Waals surface area contributed by atoms with Crippen molar-refractivity contribution < 1.29 is 4.79 Å². The third kappa shape index (κ3) is 3.34. The molecule has 2 aromatic rings. The third-order valence-electron chi connectivity index (χ3n) is 4.80. The van der Waals surface area contributed by atoms with E-state index in [1.807, 2.05) is 24.3 Å². The third-order valence-corrected chi connectivity index (χ3v) is 8.31. The topological polar surface area (TPSA) is 17.1 Å². The predicted octanol–water partition coefficient (Wildman–Crippen LogP) is 6.86. The molecule has 0 saturated heterocycles. The lowest BCUT2D eigenvalue weighted by Crippen LogP contribution is -2.02. The Morgan fingerprint density at radius 1 is 0.708 bits per heavy atom. The summed E-state index contributed by atoms with van der Waals surface area (Å²) in [6, 6.07) is 16.0. The molecule has 0 aromatic heterocycles. The van der Waals surface area contributed by atoms with Gasteiger partial charge in [-0.1, -0.05) is 112 Å². The van der Waals surface area contributed by atoms with E-state index in [1.54, 1.807) is 0 Å². The van der Waals surface area contributed by atoms with Crippen LogP contribution < -0.4 is 0 Å². The smallest absolute Gasteiger partial charge is 0.193 e. The molecule has 5 heteroatoms. The second kappa shape index (κ2) is 6.04. The summed E-state index contributed by atoms with van der Waals surface area (Å²) in [5.41, 5.74) is 4.00. The number of hydrogen-bond donors (Lipinski definition) is 0. The van der Waals surface area contributed by atoms with Crippen LogP contribution in [0.15, 0.2) is 48.5 Å². The van der Waals surface area contributed by atoms with Crippen LogP contribution >= 0.6 is 63.7 Å². The Kier molecular flexibility index (Phi) is 4.39. The molecule has 24 heavy (non-hydrogen) atoms. The molecule has 1 nitrogen and oxygen atoms in total. The first-order chi connectivity index (χ1) is 11.3. The number of halogens is 4. The Labute approximate surface area is 175 Å². The first kappa shape index (κ1) is 17.4. The molecule has 0 spiro atoms. The van der Waals surface area contributed by atoms with Gasteiger partial charge in [-0.2, -0.15) is 0 Å². The van der Waals surface area contributed by atoms with Crippen molar-refractivity contribution in [2.75, 3.05) is 0 Å². The minimum Gasteiger partial charge on any atom is -0.289 e. The number of carbonyl (C=O) groups is 1. The fraction of sp³-hybridized carbons (Fsp3) is 0.316. The van der Waals surface area contributed by atoms with E-state index in [0.717, 1.165) is 24.0 Å². The summed E-state index contributed by atoms with van der Waals surface area (Å²) < 4.78 is 0.0917. The van der Waals surface area contributed by atoms with Gasteiger partial charge in [-0.3, -0.25) is 4.79 Å². The van der Waals surface area contributed by atoms with Gasteiger partial charge < -0.3 is 0 Å². The molecule has 0 aliphatic heterocycles. The van der Waals surface area contributed by atoms with Gasteiger partial charge in [0, 0.05) is 23.0 Å². The van der Waals surface area contributed by atoms with E-state index in [-0.39, 0.29) is 12.3 Å². The summed E-state index contributed by atoms with van der Waals surface area (Å²) in [7, 11) is 0. The van der Waals surface area contributed by atoms with E-state index in [1.165, 1.54) is 11.1 Å². The molecule has 2 unspecified atom stereocenters. The zero-order chi connectivity index (χ0) is 17.1. The minimum atomic E-state index is 0.0459. The zero-order valence-electron chi connectivity index (χ0n) is 12.6. The predicted molar refractivity (Wildman–Crippen MR) is 112 cm³/mol. The number of ketones is 1. The average Bonchev–Trinajstić information content (AvgIpc) is 3.41. The maximum absolute atomic E-state index is 12.7. The molecule has 124 valence electrons. The lowest BCUT2D eigenvalue weighted by atomic mass is 9.99. The molecule has 2 aliphatic rings. The van der Waals surface area contributed by atoms with Gasteiger partial charge in [-0.05, 0) is 24.0 Å². The molecule has 0 radical (unpaired) electrons. The standard InChI is InChI=1S/C19H14Br4O/c20-18(21)9-15(18)11-1-5-13(6-2-11)17(24)14-7-3-12(4-8-14)16-10-19(16,22)23/h1-8,15-16H,9-10H2. The van der Waals surface area contributed by atoms with E-state index in [0.29, 0.717) is 11.8 Å². The summed E-state index contributed by atoms with van der Waals surface area (Å²) in [6.45, 7) is 0. The molecule has 2 saturated carbocycles. The molecule has 2 fully saturated rings. The van der Waals surface area contributed by atoms with Crippen LogP contribution in [0, 0.1) is 0 Å². The number of rotatable bonds is 4. The maximum Gasteiger partial charge on any atom is 0.193 e. The van der Waals surface area contributed by atoms with E-state index in [4.69, 9.17) is 0 Å². The Balaban J connectivity index is 1.49. The molecule has 2 aromatic carbocycles. The first-order valence-electron chi connectivity index (χ1n) is 7.78. The molecule has 0 N–H and O–H groups in total. The van der Waals surface area contributed by atoms with Gasteiger partial charge in [0.2, 0.25) is 0 Å². The van der Waals surface area contributed by atoms with Crippen LogP contribution in [-0.2, 0) is 0 Å². The van der Waals surface area contributed by atoms with Crippen LogP contribution in [0.3, 0.4) is 0 Å². The van der Waals surface area contributed by atoms with Crippen molar-refractivity contribution in [1.29, 1.82) is 0 Å². The number of carbonyl (C=O) groups excluding carboxylic acids is 1. The molecule has 4 rings (SSSR count). The number of hydrogen-bond acceptors (Lipinski definition) is 1. The first-order valence-corrected chi connectivity index (χ1v) is 11.0. The summed E-state index contributed by atoms with van der Waals surface area (Å²) in [6.07, 6.45) is 2.15. The van der Waals surface area contributed by atoms with Crippen LogP contribution in [0.5, 0.6) is 0 Å². The van der Waals surface area contributed by atoms with Crippen molar-refractivity contribution in [3.8, 4) is 0 Å². The molecule has 0 bridgehead atoms. The maximum atomic E-state index is 12.7. The summed E-state index contributed by atoms with van der Waals surface area (Å²) in [4.78, 5) is 12.7. The van der Waals surface area contributed by atoms with Crippen molar-refractivity contribution >= 4 is 69.5 Å². The second-order valence-electron chi connectivity index (χ2n) is 6.61. The van der Waals surface area contributed by atoms with E-state index >= 15 is 0 Å². The Bertz CT molecular complexity index is 726. The largest absolute Gasteiger partial charge is 0.289 e. The van der Waals surface area contributed by atoms with Crippen molar-refractivity contribution in [2.24, 2.45) is 0 Å². The second-order valence-corrected chi connectivity index (χ2v) is 14.4. The minimum absolute atomic E-state index is 0.0459. The van der Waals surface area contributed by atoms with Crippen LogP contribution in [0.4, 0.5) is 0 Å². The Morgan fingerprint density at radius 3 is 1.25 bits per heavy atom. The van der Waals surface area contributed by atoms with Gasteiger partial charge in [-0.25, -0.2) is 0 Å². The van der Waals surface area contributed by atoms with E-state index in [2.05, 4.69) is 88.0 Å². The molecule has 2 aliphatic carbocycles. The quantitative estimate of drug-likeness (QED) is 0.287. The van der Waals surface area contributed by atoms with Gasteiger partial charge in [0.25, 0.3) is 0 Å². The lowest BCUT2D eigenvalue weighted by Gasteiger charge is -2.06. The molecule has 2 atom stereocenters. The molecule has 0 amide bonds. The Morgan fingerprint density at radius 2 is 1.00 bits per heavy atom. The lowest BCUT2D eigenvalue weighted by molar-refractivity contribution is 0.103. The normalized spacial score (nSPS) is 26.0. The summed E-state index contributed by atoms with van der Waals surface area (Å²) in [5, 5.41) is 0. The van der Waals surface area contributed by atoms with Crippen molar-refractivity contribution in [3.05, 3.63) is 70.8 Å². The van der Waals surface area contributed by atoms with Crippen molar-refractivity contribution in [1.82, 2.24) is 0 Å². The highest BCUT2D eigenvalue weighted by molar-refractivity contribution is 9.26. The molecular weight excluding hydrogens is 564 g/mol. The van der Waals surface area contributed by atoms with E-state index < -0.39 is 0 Å². The van der Waals surface area contributed by atoms with E-state index in [9.17, 15) is 4.79 Å². The van der Waals surface area contributed by atoms with Crippen LogP contribution in [0.25, 0.3) is 0 Å². The monoisotopic (exact) mass is 574 g/mol. The average molecular weight is 578 g/mol. The van der Waals surface area contributed by atoms with Gasteiger partial charge in [0.05, 0.1) is 6.47 Å². The Hall–Kier alpha value is 0.0300. The molecular formula is C19H14Br4O. The zero-order valence-corrected chi connectivity index (χ0v) is 19.0. The fourth-order valence-electron chi connectivity index (χ4n) is 3.05. The number of benzene rings is 2. The van der Waals surface area contributed by atoms with Gasteiger partial charge in [-0.15, -0.1) is 0 Å². The highest BCUT2D eigenvalue weighted by Crippen LogP contribution is 2.62. The fourth-order valence-corrected chi connectivity index (χ4v) is 5.40. The van der Waals surface area contributed by atoms with Crippen LogP contribution in [0.2, 0.25) is 0 Å². The van der Waals surface area contributed by atoms with Crippen LogP contribution in [0.1, 0.15) is 51.7 Å². The highest BCUT2D eigenvalue weighted by atomic mass is 79.9. The summed E-state index contributed by atoms with van der Waals surface area (Å²) >= 11 is 14.6. The summed E-state index contributed by atoms with van der Waals surface area (Å²) in [5.74, 6) is 1.04. The van der Waals surface area contributed by atoms with Gasteiger partial charge >= 0.3 is 0 Å². The highest BCUT2D eigenvalue weighted by Gasteiger charge is 2.51. The van der Waals surface area contributed by atoms with Crippen LogP contribution in [-0.4, -0.2) is 12.3 Å². The van der Waals surface area contributed by atoms with Gasteiger partial charge in [0.15, 0.2) is 5.78 Å². The van der Waals surface area contributed by atoms with Crippen molar-refractivity contribution in [3.63, 3.8) is 0 Å². The van der Waals surface area contributed by atoms with Gasteiger partial charge in [0.1, 0.15) is 0 Å². The SMILES string of the molecule is O=C(c1ccc(C2CC2(Br)Br)cc1)c1ccc(C2CC2(Br)Br)cc1. The molecule has 0 heterocycles. The number of alkyl halides is 4.